The molecule has 1 aromatic heterocycles. The van der Waals surface area contributed by atoms with Crippen molar-refractivity contribution in [2.24, 2.45) is 0 Å². The molecule has 2 rings (SSSR count). The Balaban J connectivity index is 2.41. The molecule has 1 N–H and O–H groups in total. The molecule has 1 aromatic carbocycles. The summed E-state index contributed by atoms with van der Waals surface area (Å²) in [4.78, 5) is 4.27. The monoisotopic (exact) mass is 300 g/mol. The Bertz CT molecular complexity index is 473. The van der Waals surface area contributed by atoms with Gasteiger partial charge in [0, 0.05) is 16.0 Å². The molecular weight excluding hydrogens is 291 g/mol. The van der Waals surface area contributed by atoms with Crippen LogP contribution in [0.3, 0.4) is 0 Å². The van der Waals surface area contributed by atoms with Crippen molar-refractivity contribution >= 4 is 27.3 Å². The van der Waals surface area contributed by atoms with E-state index in [1.165, 1.54) is 12.1 Å². The molecule has 84 valence electrons. The van der Waals surface area contributed by atoms with E-state index in [-0.39, 0.29) is 11.9 Å². The van der Waals surface area contributed by atoms with Crippen LogP contribution in [-0.2, 0) is 0 Å². The SMILES string of the molecule is CNC(c1nccs1)c1ccc(F)cc1Br. The zero-order valence-corrected chi connectivity index (χ0v) is 11.0. The van der Waals surface area contributed by atoms with Gasteiger partial charge in [0.2, 0.25) is 0 Å². The van der Waals surface area contributed by atoms with Crippen LogP contribution in [0.15, 0.2) is 34.2 Å². The molecule has 1 heterocycles. The van der Waals surface area contributed by atoms with Crippen molar-refractivity contribution in [2.45, 2.75) is 6.04 Å². The molecule has 5 heteroatoms. The van der Waals surface area contributed by atoms with Gasteiger partial charge >= 0.3 is 0 Å². The highest BCUT2D eigenvalue weighted by Gasteiger charge is 2.17. The van der Waals surface area contributed by atoms with E-state index < -0.39 is 0 Å². The van der Waals surface area contributed by atoms with E-state index in [2.05, 4.69) is 26.2 Å². The second-order valence-electron chi connectivity index (χ2n) is 3.26. The van der Waals surface area contributed by atoms with Crippen LogP contribution in [-0.4, -0.2) is 12.0 Å². The van der Waals surface area contributed by atoms with Gasteiger partial charge in [-0.1, -0.05) is 22.0 Å². The van der Waals surface area contributed by atoms with Crippen molar-refractivity contribution in [1.29, 1.82) is 0 Å². The van der Waals surface area contributed by atoms with Gasteiger partial charge in [0.1, 0.15) is 10.8 Å². The summed E-state index contributed by atoms with van der Waals surface area (Å²) in [6, 6.07) is 4.68. The van der Waals surface area contributed by atoms with E-state index in [0.29, 0.717) is 0 Å². The molecule has 0 saturated heterocycles. The molecular formula is C11H10BrFN2S. The summed E-state index contributed by atoms with van der Waals surface area (Å²) in [7, 11) is 1.86. The van der Waals surface area contributed by atoms with Gasteiger partial charge in [-0.05, 0) is 24.7 Å². The molecule has 0 bridgehead atoms. The van der Waals surface area contributed by atoms with Crippen LogP contribution in [0, 0.1) is 5.82 Å². The van der Waals surface area contributed by atoms with E-state index in [0.717, 1.165) is 15.0 Å². The quantitative estimate of drug-likeness (QED) is 0.940. The maximum atomic E-state index is 13.0. The fraction of sp³-hybridized carbons (Fsp3) is 0.182. The Morgan fingerprint density at radius 2 is 2.31 bits per heavy atom. The number of nitrogens with zero attached hydrogens (tertiary/aromatic N) is 1. The normalized spacial score (nSPS) is 12.7. The number of benzene rings is 1. The van der Waals surface area contributed by atoms with Gasteiger partial charge in [-0.15, -0.1) is 11.3 Å². The minimum Gasteiger partial charge on any atom is -0.307 e. The van der Waals surface area contributed by atoms with Crippen LogP contribution in [0.1, 0.15) is 16.6 Å². The Labute approximate surface area is 106 Å². The third-order valence-corrected chi connectivity index (χ3v) is 3.79. The van der Waals surface area contributed by atoms with E-state index >= 15 is 0 Å². The minimum atomic E-state index is -0.246. The van der Waals surface area contributed by atoms with E-state index in [9.17, 15) is 4.39 Å². The highest BCUT2D eigenvalue weighted by Crippen LogP contribution is 2.29. The predicted octanol–water partition coefficient (Wildman–Crippen LogP) is 3.35. The predicted molar refractivity (Wildman–Crippen MR) is 67.1 cm³/mol. The smallest absolute Gasteiger partial charge is 0.124 e. The summed E-state index contributed by atoms with van der Waals surface area (Å²) in [6.45, 7) is 0. The summed E-state index contributed by atoms with van der Waals surface area (Å²) in [5, 5.41) is 6.07. The summed E-state index contributed by atoms with van der Waals surface area (Å²) in [5.41, 5.74) is 0.985. The number of hydrogen-bond acceptors (Lipinski definition) is 3. The van der Waals surface area contributed by atoms with Gasteiger partial charge in [-0.25, -0.2) is 9.37 Å². The van der Waals surface area contributed by atoms with Gasteiger partial charge in [0.05, 0.1) is 6.04 Å². The molecule has 0 saturated carbocycles. The first-order chi connectivity index (χ1) is 7.72. The number of rotatable bonds is 3. The number of aromatic nitrogens is 1. The molecule has 1 atom stereocenters. The highest BCUT2D eigenvalue weighted by molar-refractivity contribution is 9.10. The molecule has 0 fully saturated rings. The summed E-state index contributed by atoms with van der Waals surface area (Å²) >= 11 is 4.95. The van der Waals surface area contributed by atoms with Gasteiger partial charge in [0.25, 0.3) is 0 Å². The molecule has 0 spiro atoms. The van der Waals surface area contributed by atoms with E-state index in [4.69, 9.17) is 0 Å². The van der Waals surface area contributed by atoms with Crippen molar-refractivity contribution in [3.8, 4) is 0 Å². The maximum absolute atomic E-state index is 13.0. The Hall–Kier alpha value is -0.780. The Kier molecular flexibility index (Phi) is 3.68. The van der Waals surface area contributed by atoms with Crippen molar-refractivity contribution in [1.82, 2.24) is 10.3 Å². The molecule has 0 radical (unpaired) electrons. The first-order valence-electron chi connectivity index (χ1n) is 4.74. The minimum absolute atomic E-state index is 0.00465. The lowest BCUT2D eigenvalue weighted by atomic mass is 10.1. The number of nitrogens with one attached hydrogen (secondary N) is 1. The van der Waals surface area contributed by atoms with Crippen LogP contribution in [0.25, 0.3) is 0 Å². The van der Waals surface area contributed by atoms with Crippen LogP contribution < -0.4 is 5.32 Å². The standard InChI is InChI=1S/C11H10BrFN2S/c1-14-10(11-15-4-5-16-11)8-3-2-7(13)6-9(8)12/h2-6,10,14H,1H3. The van der Waals surface area contributed by atoms with Crippen molar-refractivity contribution in [3.63, 3.8) is 0 Å². The summed E-state index contributed by atoms with van der Waals surface area (Å²) < 4.78 is 13.7. The van der Waals surface area contributed by atoms with Crippen molar-refractivity contribution < 1.29 is 4.39 Å². The van der Waals surface area contributed by atoms with Gasteiger partial charge < -0.3 is 5.32 Å². The lowest BCUT2D eigenvalue weighted by Gasteiger charge is -2.15. The van der Waals surface area contributed by atoms with E-state index in [1.54, 1.807) is 23.6 Å². The Morgan fingerprint density at radius 1 is 1.50 bits per heavy atom. The molecule has 16 heavy (non-hydrogen) atoms. The van der Waals surface area contributed by atoms with Crippen LogP contribution in [0.4, 0.5) is 4.39 Å². The number of halogens is 2. The lowest BCUT2D eigenvalue weighted by molar-refractivity contribution is 0.621. The van der Waals surface area contributed by atoms with E-state index in [1.807, 2.05) is 12.4 Å². The molecule has 2 aromatic rings. The first kappa shape index (κ1) is 11.7. The average Bonchev–Trinajstić information content (AvgIpc) is 2.75. The average molecular weight is 301 g/mol. The van der Waals surface area contributed by atoms with Crippen molar-refractivity contribution in [2.75, 3.05) is 7.05 Å². The Morgan fingerprint density at radius 3 is 2.88 bits per heavy atom. The van der Waals surface area contributed by atoms with Crippen LogP contribution >= 0.6 is 27.3 Å². The third kappa shape index (κ3) is 2.31. The topological polar surface area (TPSA) is 24.9 Å². The zero-order valence-electron chi connectivity index (χ0n) is 8.58. The largest absolute Gasteiger partial charge is 0.307 e. The van der Waals surface area contributed by atoms with Crippen molar-refractivity contribution in [3.05, 3.63) is 50.6 Å². The van der Waals surface area contributed by atoms with Gasteiger partial charge in [-0.2, -0.15) is 0 Å². The molecule has 2 nitrogen and oxygen atoms in total. The zero-order chi connectivity index (χ0) is 11.5. The molecule has 1 unspecified atom stereocenters. The van der Waals surface area contributed by atoms with Crippen LogP contribution in [0.2, 0.25) is 0 Å². The number of thiazole rings is 1. The lowest BCUT2D eigenvalue weighted by Crippen LogP contribution is -2.17. The second-order valence-corrected chi connectivity index (χ2v) is 5.04. The number of hydrogen-bond donors (Lipinski definition) is 1. The second kappa shape index (κ2) is 5.03. The third-order valence-electron chi connectivity index (χ3n) is 2.26. The first-order valence-corrected chi connectivity index (χ1v) is 6.41. The fourth-order valence-corrected chi connectivity index (χ4v) is 2.87. The fourth-order valence-electron chi connectivity index (χ4n) is 1.52. The molecule has 0 amide bonds. The van der Waals surface area contributed by atoms with Crippen LogP contribution in [0.5, 0.6) is 0 Å². The summed E-state index contributed by atoms with van der Waals surface area (Å²) in [5.74, 6) is -0.246. The molecule has 0 aliphatic carbocycles. The highest BCUT2D eigenvalue weighted by atomic mass is 79.9. The van der Waals surface area contributed by atoms with Gasteiger partial charge in [0.15, 0.2) is 0 Å². The maximum Gasteiger partial charge on any atom is 0.124 e. The molecule has 0 aliphatic heterocycles. The summed E-state index contributed by atoms with van der Waals surface area (Å²) in [6.07, 6.45) is 1.77. The van der Waals surface area contributed by atoms with Gasteiger partial charge in [-0.3, -0.25) is 0 Å². The molecule has 0 aliphatic rings.